The minimum absolute atomic E-state index is 0.0165. The Morgan fingerprint density at radius 3 is 1.74 bits per heavy atom. The molecule has 1 fully saturated rings. The summed E-state index contributed by atoms with van der Waals surface area (Å²) in [6, 6.07) is 36.7. The van der Waals surface area contributed by atoms with Gasteiger partial charge in [-0.2, -0.15) is 0 Å². The van der Waals surface area contributed by atoms with Gasteiger partial charge in [-0.15, -0.1) is 6.58 Å². The quantitative estimate of drug-likeness (QED) is 0.112. The summed E-state index contributed by atoms with van der Waals surface area (Å²) in [6.07, 6.45) is 1.63. The molecule has 1 aliphatic rings. The van der Waals surface area contributed by atoms with Gasteiger partial charge in [-0.05, 0) is 23.6 Å². The van der Waals surface area contributed by atoms with Crippen LogP contribution in [0.2, 0.25) is 0 Å². The average molecular weight is 572 g/mol. The third-order valence-corrected chi connectivity index (χ3v) is 8.39. The highest BCUT2D eigenvalue weighted by atomic mass is 16.2. The number of hydrogen-bond donors (Lipinski definition) is 0. The number of carbonyl (C=O) groups excluding carboxylic acids is 3. The predicted octanol–water partition coefficient (Wildman–Crippen LogP) is 6.91. The second-order valence-electron chi connectivity index (χ2n) is 11.0. The van der Waals surface area contributed by atoms with Crippen LogP contribution >= 0.6 is 0 Å². The van der Waals surface area contributed by atoms with Crippen molar-refractivity contribution in [2.24, 2.45) is 0 Å². The van der Waals surface area contributed by atoms with Gasteiger partial charge in [-0.1, -0.05) is 127 Å². The van der Waals surface area contributed by atoms with Crippen molar-refractivity contribution in [3.63, 3.8) is 0 Å². The molecule has 5 rings (SSSR count). The molecule has 0 N–H and O–H groups in total. The summed E-state index contributed by atoms with van der Waals surface area (Å²) in [7, 11) is 1.70. The van der Waals surface area contributed by atoms with Crippen molar-refractivity contribution < 1.29 is 14.4 Å². The van der Waals surface area contributed by atoms with E-state index in [1.807, 2.05) is 109 Å². The summed E-state index contributed by atoms with van der Waals surface area (Å²) in [5.74, 6) is -0.921. The Morgan fingerprint density at radius 1 is 0.791 bits per heavy atom. The molecule has 0 spiro atoms. The Kier molecular flexibility index (Phi) is 8.98. The van der Waals surface area contributed by atoms with E-state index < -0.39 is 23.5 Å². The first-order chi connectivity index (χ1) is 20.9. The number of ketones is 1. The summed E-state index contributed by atoms with van der Waals surface area (Å²) in [6.45, 7) is 6.55. The van der Waals surface area contributed by atoms with Gasteiger partial charge in [0.2, 0.25) is 0 Å². The Labute approximate surface area is 253 Å². The standard InChI is InChI=1S/C37H37N3O3/c1-4-25-37(34(41)32-23-15-8-16-24-32,39(26-29-17-9-5-10-18-29)27-30-19-11-6-12-20-30)35(42)40-33(28(2)38(3)36(40)43)31-21-13-7-14-22-31/h4-24,28,33H,1,25-27H2,2-3H3/t28-,33-,37-/m0/s1. The number of carbonyl (C=O) groups is 3. The first kappa shape index (κ1) is 29.7. The van der Waals surface area contributed by atoms with Gasteiger partial charge in [0.25, 0.3) is 5.91 Å². The molecule has 0 bridgehead atoms. The van der Waals surface area contributed by atoms with Crippen LogP contribution < -0.4 is 0 Å². The fourth-order valence-corrected chi connectivity index (χ4v) is 6.04. The Bertz CT molecular complexity index is 1520. The largest absolute Gasteiger partial charge is 0.327 e. The number of imide groups is 1. The first-order valence-corrected chi connectivity index (χ1v) is 14.6. The van der Waals surface area contributed by atoms with Crippen molar-refractivity contribution in [1.82, 2.24) is 14.7 Å². The van der Waals surface area contributed by atoms with Gasteiger partial charge in [0.1, 0.15) is 0 Å². The van der Waals surface area contributed by atoms with Crippen molar-refractivity contribution >= 4 is 17.7 Å². The lowest BCUT2D eigenvalue weighted by Gasteiger charge is -2.43. The second-order valence-corrected chi connectivity index (χ2v) is 11.0. The lowest BCUT2D eigenvalue weighted by atomic mass is 9.81. The molecule has 1 heterocycles. The van der Waals surface area contributed by atoms with Crippen LogP contribution in [0.4, 0.5) is 4.79 Å². The highest BCUT2D eigenvalue weighted by Gasteiger charge is 2.57. The molecule has 6 nitrogen and oxygen atoms in total. The molecule has 218 valence electrons. The van der Waals surface area contributed by atoms with E-state index in [4.69, 9.17) is 0 Å². The summed E-state index contributed by atoms with van der Waals surface area (Å²) in [5, 5.41) is 0. The van der Waals surface area contributed by atoms with Crippen molar-refractivity contribution in [3.8, 4) is 0 Å². The number of nitrogens with zero attached hydrogens (tertiary/aromatic N) is 3. The van der Waals surface area contributed by atoms with Gasteiger partial charge in [0.15, 0.2) is 11.3 Å². The topological polar surface area (TPSA) is 60.9 Å². The van der Waals surface area contributed by atoms with E-state index in [2.05, 4.69) is 6.58 Å². The summed E-state index contributed by atoms with van der Waals surface area (Å²) < 4.78 is 0. The summed E-state index contributed by atoms with van der Waals surface area (Å²) in [5.41, 5.74) is 1.35. The van der Waals surface area contributed by atoms with E-state index in [0.29, 0.717) is 18.7 Å². The lowest BCUT2D eigenvalue weighted by molar-refractivity contribution is -0.140. The predicted molar refractivity (Wildman–Crippen MR) is 169 cm³/mol. The molecule has 1 aliphatic heterocycles. The van der Waals surface area contributed by atoms with Crippen molar-refractivity contribution in [2.75, 3.05) is 7.05 Å². The van der Waals surface area contributed by atoms with Crippen LogP contribution in [-0.2, 0) is 17.9 Å². The van der Waals surface area contributed by atoms with Crippen LogP contribution in [0, 0.1) is 0 Å². The Balaban J connectivity index is 1.74. The zero-order valence-electron chi connectivity index (χ0n) is 24.7. The van der Waals surface area contributed by atoms with Crippen LogP contribution in [0.3, 0.4) is 0 Å². The zero-order valence-corrected chi connectivity index (χ0v) is 24.7. The highest BCUT2D eigenvalue weighted by molar-refractivity contribution is 6.21. The molecule has 4 aromatic rings. The Hall–Kier alpha value is -4.81. The van der Waals surface area contributed by atoms with Gasteiger partial charge >= 0.3 is 6.03 Å². The zero-order chi connectivity index (χ0) is 30.4. The second kappa shape index (κ2) is 13.0. The molecule has 6 heteroatoms. The fraction of sp³-hybridized carbons (Fsp3) is 0.216. The minimum Gasteiger partial charge on any atom is -0.322 e. The molecule has 0 radical (unpaired) electrons. The molecule has 43 heavy (non-hydrogen) atoms. The van der Waals surface area contributed by atoms with Gasteiger partial charge in [0, 0.05) is 32.1 Å². The maximum absolute atomic E-state index is 15.3. The van der Waals surface area contributed by atoms with Crippen molar-refractivity contribution in [3.05, 3.63) is 156 Å². The van der Waals surface area contributed by atoms with Crippen molar-refractivity contribution in [1.29, 1.82) is 0 Å². The van der Waals surface area contributed by atoms with Gasteiger partial charge in [-0.3, -0.25) is 19.4 Å². The maximum Gasteiger partial charge on any atom is 0.327 e. The molecule has 0 aromatic heterocycles. The van der Waals surface area contributed by atoms with Crippen LogP contribution in [0.5, 0.6) is 0 Å². The van der Waals surface area contributed by atoms with E-state index in [-0.39, 0.29) is 18.2 Å². The summed E-state index contributed by atoms with van der Waals surface area (Å²) in [4.78, 5) is 49.1. The number of amides is 3. The fourth-order valence-electron chi connectivity index (χ4n) is 6.04. The molecule has 4 aromatic carbocycles. The molecule has 0 saturated carbocycles. The van der Waals surface area contributed by atoms with E-state index in [9.17, 15) is 9.59 Å². The normalized spacial score (nSPS) is 18.0. The number of rotatable bonds is 11. The third-order valence-electron chi connectivity index (χ3n) is 8.39. The Morgan fingerprint density at radius 2 is 1.26 bits per heavy atom. The van der Waals surface area contributed by atoms with E-state index >= 15 is 4.79 Å². The molecular weight excluding hydrogens is 534 g/mol. The van der Waals surface area contributed by atoms with Gasteiger partial charge < -0.3 is 4.90 Å². The van der Waals surface area contributed by atoms with Crippen LogP contribution in [0.1, 0.15) is 46.4 Å². The maximum atomic E-state index is 15.3. The molecule has 0 unspecified atom stereocenters. The number of benzene rings is 4. The van der Waals surface area contributed by atoms with Crippen molar-refractivity contribution in [2.45, 2.75) is 44.1 Å². The smallest absolute Gasteiger partial charge is 0.322 e. The number of hydrogen-bond acceptors (Lipinski definition) is 4. The third kappa shape index (κ3) is 5.79. The molecular formula is C37H37N3O3. The van der Waals surface area contributed by atoms with E-state index in [0.717, 1.165) is 16.7 Å². The first-order valence-electron chi connectivity index (χ1n) is 14.6. The molecule has 1 saturated heterocycles. The van der Waals surface area contributed by atoms with Gasteiger partial charge in [-0.25, -0.2) is 4.79 Å². The average Bonchev–Trinajstić information content (AvgIpc) is 3.28. The van der Waals surface area contributed by atoms with Crippen LogP contribution in [0.25, 0.3) is 0 Å². The van der Waals surface area contributed by atoms with E-state index in [1.165, 1.54) is 4.90 Å². The highest BCUT2D eigenvalue weighted by Crippen LogP contribution is 2.40. The number of urea groups is 1. The van der Waals surface area contributed by atoms with E-state index in [1.54, 1.807) is 42.3 Å². The lowest BCUT2D eigenvalue weighted by Crippen LogP contribution is -2.64. The number of likely N-dealkylation sites (N-methyl/N-ethyl adjacent to an activating group) is 1. The molecule has 3 atom stereocenters. The monoisotopic (exact) mass is 571 g/mol. The number of Topliss-reactive ketones (excluding diaryl/α,β-unsaturated/α-hetero) is 1. The van der Waals surface area contributed by atoms with Crippen LogP contribution in [0.15, 0.2) is 134 Å². The van der Waals surface area contributed by atoms with Gasteiger partial charge in [0.05, 0.1) is 12.1 Å². The molecule has 3 amide bonds. The minimum atomic E-state index is -1.76. The van der Waals surface area contributed by atoms with Crippen LogP contribution in [-0.4, -0.2) is 51.0 Å². The molecule has 0 aliphatic carbocycles. The SMILES string of the molecule is C=CC[C@](C(=O)c1ccccc1)(C(=O)N1C(=O)N(C)[C@@H](C)[C@H]1c1ccccc1)N(Cc1ccccc1)Cc1ccccc1. The summed E-state index contributed by atoms with van der Waals surface area (Å²) >= 11 is 0.